The standard InChI is InChI=1S/C25H28FN5O2/c1-16-18-9-12-22(16)31(15-18)14-4-13-27-25-30-29-24(33-25)17-7-10-19(11-8-17)28-23(32)20-5-2-3-6-21(20)26/h2-3,5-8,10-11,16,18,22H,4,9,12-15H2,1H3,(H,27,30)(H,28,32)/t16-,18-,22-/m0/s1. The Balaban J connectivity index is 1.11. The van der Waals surface area contributed by atoms with Crippen LogP contribution in [0.5, 0.6) is 0 Å². The highest BCUT2D eigenvalue weighted by molar-refractivity contribution is 6.04. The van der Waals surface area contributed by atoms with Crippen molar-refractivity contribution in [2.75, 3.05) is 30.3 Å². The van der Waals surface area contributed by atoms with Crippen LogP contribution in [0.15, 0.2) is 52.9 Å². The summed E-state index contributed by atoms with van der Waals surface area (Å²) in [4.78, 5) is 14.9. The van der Waals surface area contributed by atoms with Crippen LogP contribution in [0.1, 0.15) is 36.5 Å². The summed E-state index contributed by atoms with van der Waals surface area (Å²) in [6.45, 7) is 5.52. The first-order chi connectivity index (χ1) is 16.1. The molecule has 7 nitrogen and oxygen atoms in total. The number of carbonyl (C=O) groups is 1. The van der Waals surface area contributed by atoms with E-state index in [0.29, 0.717) is 17.6 Å². The van der Waals surface area contributed by atoms with E-state index in [0.717, 1.165) is 43.0 Å². The quantitative estimate of drug-likeness (QED) is 0.487. The smallest absolute Gasteiger partial charge is 0.315 e. The molecule has 172 valence electrons. The van der Waals surface area contributed by atoms with Crippen LogP contribution in [0.25, 0.3) is 11.5 Å². The summed E-state index contributed by atoms with van der Waals surface area (Å²) in [5, 5.41) is 14.1. The lowest BCUT2D eigenvalue weighted by Gasteiger charge is -2.27. The van der Waals surface area contributed by atoms with Gasteiger partial charge in [-0.1, -0.05) is 24.2 Å². The molecule has 5 rings (SSSR count). The maximum atomic E-state index is 13.8. The molecule has 1 aliphatic heterocycles. The summed E-state index contributed by atoms with van der Waals surface area (Å²) < 4.78 is 19.5. The first kappa shape index (κ1) is 21.6. The number of nitrogens with one attached hydrogen (secondary N) is 2. The molecule has 1 aromatic heterocycles. The zero-order valence-electron chi connectivity index (χ0n) is 18.6. The fourth-order valence-corrected chi connectivity index (χ4v) is 5.12. The minimum Gasteiger partial charge on any atom is -0.403 e. The van der Waals surface area contributed by atoms with Gasteiger partial charge in [-0.25, -0.2) is 4.39 Å². The second-order valence-electron chi connectivity index (χ2n) is 8.96. The molecular weight excluding hydrogens is 421 g/mol. The summed E-state index contributed by atoms with van der Waals surface area (Å²) in [5.41, 5.74) is 1.29. The van der Waals surface area contributed by atoms with E-state index in [1.54, 1.807) is 36.4 Å². The SMILES string of the molecule is C[C@H]1[C@H]2CC[C@@H]1N(CCCNc1nnc(-c3ccc(NC(=O)c4ccccc4F)cc3)o1)C2. The van der Waals surface area contributed by atoms with Crippen LogP contribution in [0.2, 0.25) is 0 Å². The van der Waals surface area contributed by atoms with E-state index >= 15 is 0 Å². The number of piperidine rings is 1. The molecule has 33 heavy (non-hydrogen) atoms. The van der Waals surface area contributed by atoms with Gasteiger partial charge in [0.1, 0.15) is 5.82 Å². The van der Waals surface area contributed by atoms with Crippen LogP contribution >= 0.6 is 0 Å². The summed E-state index contributed by atoms with van der Waals surface area (Å²) in [6, 6.07) is 14.0. The molecular formula is C25H28FN5O2. The number of carbonyl (C=O) groups excluding carboxylic acids is 1. The van der Waals surface area contributed by atoms with Gasteiger partial charge in [-0.15, -0.1) is 5.10 Å². The van der Waals surface area contributed by atoms with Crippen molar-refractivity contribution in [3.8, 4) is 11.5 Å². The Morgan fingerprint density at radius 1 is 1.15 bits per heavy atom. The van der Waals surface area contributed by atoms with Gasteiger partial charge in [0.25, 0.3) is 5.91 Å². The van der Waals surface area contributed by atoms with E-state index < -0.39 is 11.7 Å². The second-order valence-corrected chi connectivity index (χ2v) is 8.96. The number of rotatable bonds is 8. The van der Waals surface area contributed by atoms with Crippen molar-refractivity contribution in [1.82, 2.24) is 15.1 Å². The summed E-state index contributed by atoms with van der Waals surface area (Å²) >= 11 is 0. The molecule has 0 unspecified atom stereocenters. The number of benzene rings is 2. The van der Waals surface area contributed by atoms with E-state index in [2.05, 4.69) is 32.7 Å². The Morgan fingerprint density at radius 2 is 1.97 bits per heavy atom. The molecule has 1 amide bonds. The topological polar surface area (TPSA) is 83.3 Å². The molecule has 8 heteroatoms. The number of anilines is 2. The number of hydrogen-bond acceptors (Lipinski definition) is 6. The number of fused-ring (bicyclic) bond motifs is 2. The average Bonchev–Trinajstić information content (AvgIpc) is 3.52. The van der Waals surface area contributed by atoms with Crippen molar-refractivity contribution >= 4 is 17.6 Å². The highest BCUT2D eigenvalue weighted by Crippen LogP contribution is 2.42. The molecule has 1 aliphatic carbocycles. The lowest BCUT2D eigenvalue weighted by Crippen LogP contribution is -2.34. The minimum absolute atomic E-state index is 0.000872. The third kappa shape index (κ3) is 4.61. The van der Waals surface area contributed by atoms with Gasteiger partial charge in [0.2, 0.25) is 5.89 Å². The molecule has 2 heterocycles. The molecule has 2 aliphatic rings. The second kappa shape index (κ2) is 9.31. The van der Waals surface area contributed by atoms with Crippen molar-refractivity contribution in [3.05, 3.63) is 59.9 Å². The predicted molar refractivity (Wildman–Crippen MR) is 124 cm³/mol. The number of aromatic nitrogens is 2. The van der Waals surface area contributed by atoms with E-state index in [1.807, 2.05) is 0 Å². The Morgan fingerprint density at radius 3 is 2.70 bits per heavy atom. The Kier molecular flexibility index (Phi) is 6.09. The average molecular weight is 450 g/mol. The van der Waals surface area contributed by atoms with E-state index in [1.165, 1.54) is 31.5 Å². The molecule has 1 saturated heterocycles. The zero-order chi connectivity index (χ0) is 22.8. The van der Waals surface area contributed by atoms with Crippen LogP contribution in [-0.4, -0.2) is 46.7 Å². The predicted octanol–water partition coefficient (Wildman–Crippen LogP) is 4.66. The summed E-state index contributed by atoms with van der Waals surface area (Å²) in [5.74, 6) is 1.08. The van der Waals surface area contributed by atoms with Crippen molar-refractivity contribution in [3.63, 3.8) is 0 Å². The van der Waals surface area contributed by atoms with E-state index in [9.17, 15) is 9.18 Å². The number of likely N-dealkylation sites (tertiary alicyclic amines) is 1. The zero-order valence-corrected chi connectivity index (χ0v) is 18.6. The van der Waals surface area contributed by atoms with Crippen molar-refractivity contribution in [2.45, 2.75) is 32.2 Å². The molecule has 2 fully saturated rings. The van der Waals surface area contributed by atoms with Gasteiger partial charge in [-0.3, -0.25) is 9.69 Å². The number of hydrogen-bond donors (Lipinski definition) is 2. The van der Waals surface area contributed by atoms with Crippen LogP contribution in [0.4, 0.5) is 16.1 Å². The largest absolute Gasteiger partial charge is 0.403 e. The Labute approximate surface area is 192 Å². The lowest BCUT2D eigenvalue weighted by molar-refractivity contribution is 0.102. The number of nitrogens with zero attached hydrogens (tertiary/aromatic N) is 3. The first-order valence-corrected chi connectivity index (χ1v) is 11.6. The molecule has 3 aromatic rings. The van der Waals surface area contributed by atoms with Crippen molar-refractivity contribution < 1.29 is 13.6 Å². The Bertz CT molecular complexity index is 1120. The van der Waals surface area contributed by atoms with Gasteiger partial charge in [0.05, 0.1) is 5.56 Å². The van der Waals surface area contributed by atoms with Gasteiger partial charge in [0, 0.05) is 36.9 Å². The molecule has 0 spiro atoms. The minimum atomic E-state index is -0.556. The number of halogens is 1. The van der Waals surface area contributed by atoms with Gasteiger partial charge in [-0.05, 0) is 67.5 Å². The van der Waals surface area contributed by atoms with Crippen LogP contribution in [0, 0.1) is 17.7 Å². The summed E-state index contributed by atoms with van der Waals surface area (Å²) in [7, 11) is 0. The van der Waals surface area contributed by atoms with Gasteiger partial charge < -0.3 is 15.1 Å². The first-order valence-electron chi connectivity index (χ1n) is 11.6. The third-order valence-corrected chi connectivity index (χ3v) is 6.95. The number of amides is 1. The maximum Gasteiger partial charge on any atom is 0.315 e. The van der Waals surface area contributed by atoms with E-state index in [-0.39, 0.29) is 5.56 Å². The lowest BCUT2D eigenvalue weighted by atomic mass is 10.0. The highest BCUT2D eigenvalue weighted by Gasteiger charge is 2.43. The van der Waals surface area contributed by atoms with Crippen LogP contribution in [0.3, 0.4) is 0 Å². The molecule has 2 bridgehead atoms. The third-order valence-electron chi connectivity index (χ3n) is 6.95. The van der Waals surface area contributed by atoms with Gasteiger partial charge in [-0.2, -0.15) is 0 Å². The van der Waals surface area contributed by atoms with Crippen LogP contribution < -0.4 is 10.6 Å². The Hall–Kier alpha value is -3.26. The molecule has 2 aromatic carbocycles. The van der Waals surface area contributed by atoms with E-state index in [4.69, 9.17) is 4.42 Å². The summed E-state index contributed by atoms with van der Waals surface area (Å²) in [6.07, 6.45) is 3.77. The van der Waals surface area contributed by atoms with Crippen LogP contribution in [-0.2, 0) is 0 Å². The van der Waals surface area contributed by atoms with Crippen molar-refractivity contribution in [1.29, 1.82) is 0 Å². The molecule has 3 atom stereocenters. The fraction of sp³-hybridized carbons (Fsp3) is 0.400. The van der Waals surface area contributed by atoms with Crippen molar-refractivity contribution in [2.24, 2.45) is 11.8 Å². The molecule has 2 N–H and O–H groups in total. The molecule has 0 radical (unpaired) electrons. The van der Waals surface area contributed by atoms with Gasteiger partial charge in [0.15, 0.2) is 0 Å². The monoisotopic (exact) mass is 449 g/mol. The highest BCUT2D eigenvalue weighted by atomic mass is 19.1. The maximum absolute atomic E-state index is 13.8. The molecule has 1 saturated carbocycles. The normalized spacial score (nSPS) is 21.9. The fourth-order valence-electron chi connectivity index (χ4n) is 5.12. The van der Waals surface area contributed by atoms with Gasteiger partial charge >= 0.3 is 6.01 Å².